The standard InChI is InChI=1S/C16H24N2O2/c1-17-10-7-15(19)18-13-16(8-11-20-12-9-16)14-5-3-2-4-6-14/h2-6,17H,7-13H2,1H3,(H,18,19). The maximum absolute atomic E-state index is 11.8. The molecule has 4 nitrogen and oxygen atoms in total. The minimum atomic E-state index is 0.0226. The molecule has 2 N–H and O–H groups in total. The largest absolute Gasteiger partial charge is 0.381 e. The van der Waals surface area contributed by atoms with Gasteiger partial charge < -0.3 is 15.4 Å². The number of benzene rings is 1. The van der Waals surface area contributed by atoms with Crippen LogP contribution in [0.15, 0.2) is 30.3 Å². The number of rotatable bonds is 6. The molecule has 1 aromatic rings. The van der Waals surface area contributed by atoms with Crippen molar-refractivity contribution in [3.05, 3.63) is 35.9 Å². The van der Waals surface area contributed by atoms with Crippen LogP contribution in [0, 0.1) is 0 Å². The van der Waals surface area contributed by atoms with Crippen molar-refractivity contribution in [3.63, 3.8) is 0 Å². The van der Waals surface area contributed by atoms with Gasteiger partial charge in [0.15, 0.2) is 0 Å². The Morgan fingerprint density at radius 1 is 1.25 bits per heavy atom. The lowest BCUT2D eigenvalue weighted by molar-refractivity contribution is -0.121. The second kappa shape index (κ2) is 7.41. The van der Waals surface area contributed by atoms with Crippen molar-refractivity contribution in [3.8, 4) is 0 Å². The molecule has 1 aromatic carbocycles. The van der Waals surface area contributed by atoms with Crippen molar-refractivity contribution in [2.24, 2.45) is 0 Å². The molecule has 0 aliphatic carbocycles. The lowest BCUT2D eigenvalue weighted by Crippen LogP contribution is -2.44. The highest BCUT2D eigenvalue weighted by molar-refractivity contribution is 5.76. The third-order valence-corrected chi connectivity index (χ3v) is 4.06. The van der Waals surface area contributed by atoms with Crippen LogP contribution >= 0.6 is 0 Å². The van der Waals surface area contributed by atoms with E-state index in [0.29, 0.717) is 19.5 Å². The molecular weight excluding hydrogens is 252 g/mol. The monoisotopic (exact) mass is 276 g/mol. The molecule has 1 aliphatic rings. The van der Waals surface area contributed by atoms with Crippen molar-refractivity contribution in [2.45, 2.75) is 24.7 Å². The van der Waals surface area contributed by atoms with Crippen LogP contribution in [0.3, 0.4) is 0 Å². The van der Waals surface area contributed by atoms with E-state index in [2.05, 4.69) is 34.9 Å². The van der Waals surface area contributed by atoms with E-state index in [4.69, 9.17) is 4.74 Å². The summed E-state index contributed by atoms with van der Waals surface area (Å²) in [5, 5.41) is 6.09. The average molecular weight is 276 g/mol. The first kappa shape index (κ1) is 15.0. The summed E-state index contributed by atoms with van der Waals surface area (Å²) < 4.78 is 5.50. The first-order chi connectivity index (χ1) is 9.77. The lowest BCUT2D eigenvalue weighted by atomic mass is 9.74. The van der Waals surface area contributed by atoms with Gasteiger partial charge in [0, 0.05) is 38.1 Å². The quantitative estimate of drug-likeness (QED) is 0.827. The molecule has 1 amide bonds. The van der Waals surface area contributed by atoms with E-state index >= 15 is 0 Å². The van der Waals surface area contributed by atoms with E-state index in [1.165, 1.54) is 5.56 Å². The minimum absolute atomic E-state index is 0.0226. The average Bonchev–Trinajstić information content (AvgIpc) is 2.52. The molecule has 20 heavy (non-hydrogen) atoms. The summed E-state index contributed by atoms with van der Waals surface area (Å²) in [5.74, 6) is 0.112. The number of hydrogen-bond donors (Lipinski definition) is 2. The van der Waals surface area contributed by atoms with E-state index < -0.39 is 0 Å². The van der Waals surface area contributed by atoms with Crippen LogP contribution in [0.1, 0.15) is 24.8 Å². The Bertz CT molecular complexity index is 414. The van der Waals surface area contributed by atoms with E-state index in [1.807, 2.05) is 13.1 Å². The predicted octanol–water partition coefficient (Wildman–Crippen LogP) is 1.46. The number of carbonyl (C=O) groups is 1. The van der Waals surface area contributed by atoms with Crippen LogP contribution in [0.2, 0.25) is 0 Å². The topological polar surface area (TPSA) is 50.4 Å². The van der Waals surface area contributed by atoms with Gasteiger partial charge >= 0.3 is 0 Å². The minimum Gasteiger partial charge on any atom is -0.381 e. The number of amides is 1. The zero-order chi connectivity index (χ0) is 14.3. The molecule has 0 radical (unpaired) electrons. The summed E-state index contributed by atoms with van der Waals surface area (Å²) in [5.41, 5.74) is 1.33. The van der Waals surface area contributed by atoms with Crippen LogP contribution in [0.5, 0.6) is 0 Å². The van der Waals surface area contributed by atoms with Crippen LogP contribution in [0.25, 0.3) is 0 Å². The lowest BCUT2D eigenvalue weighted by Gasteiger charge is -2.38. The normalized spacial score (nSPS) is 17.6. The Balaban J connectivity index is 2.02. The molecule has 1 heterocycles. The fraction of sp³-hybridized carbons (Fsp3) is 0.562. The Morgan fingerprint density at radius 3 is 2.60 bits per heavy atom. The van der Waals surface area contributed by atoms with Gasteiger partial charge in [-0.25, -0.2) is 0 Å². The maximum atomic E-state index is 11.8. The molecule has 0 aromatic heterocycles. The molecule has 1 aliphatic heterocycles. The van der Waals surface area contributed by atoms with E-state index in [9.17, 15) is 4.79 Å². The summed E-state index contributed by atoms with van der Waals surface area (Å²) >= 11 is 0. The molecule has 2 rings (SSSR count). The van der Waals surface area contributed by atoms with Crippen LogP contribution in [-0.2, 0) is 14.9 Å². The van der Waals surface area contributed by atoms with Crippen LogP contribution in [0.4, 0.5) is 0 Å². The van der Waals surface area contributed by atoms with Gasteiger partial charge in [0.2, 0.25) is 5.91 Å². The molecule has 1 saturated heterocycles. The smallest absolute Gasteiger partial charge is 0.221 e. The number of hydrogen-bond acceptors (Lipinski definition) is 3. The molecule has 0 spiro atoms. The fourth-order valence-electron chi connectivity index (χ4n) is 2.72. The fourth-order valence-corrected chi connectivity index (χ4v) is 2.72. The van der Waals surface area contributed by atoms with Gasteiger partial charge in [0.05, 0.1) is 0 Å². The molecule has 110 valence electrons. The highest BCUT2D eigenvalue weighted by Crippen LogP contribution is 2.34. The Morgan fingerprint density at radius 2 is 1.95 bits per heavy atom. The van der Waals surface area contributed by atoms with Gasteiger partial charge in [-0.3, -0.25) is 4.79 Å². The number of nitrogens with one attached hydrogen (secondary N) is 2. The van der Waals surface area contributed by atoms with Crippen molar-refractivity contribution in [1.82, 2.24) is 10.6 Å². The Hall–Kier alpha value is -1.39. The number of carbonyl (C=O) groups excluding carboxylic acids is 1. The van der Waals surface area contributed by atoms with Crippen molar-refractivity contribution in [1.29, 1.82) is 0 Å². The molecule has 1 fully saturated rings. The summed E-state index contributed by atoms with van der Waals surface area (Å²) in [7, 11) is 1.86. The molecule has 0 saturated carbocycles. The van der Waals surface area contributed by atoms with Crippen LogP contribution < -0.4 is 10.6 Å². The molecular formula is C16H24N2O2. The van der Waals surface area contributed by atoms with E-state index in [-0.39, 0.29) is 11.3 Å². The van der Waals surface area contributed by atoms with Crippen molar-refractivity contribution in [2.75, 3.05) is 33.4 Å². The summed E-state index contributed by atoms with van der Waals surface area (Å²) in [6.45, 7) is 2.94. The Labute approximate surface area is 120 Å². The zero-order valence-corrected chi connectivity index (χ0v) is 12.2. The van der Waals surface area contributed by atoms with E-state index in [1.54, 1.807) is 0 Å². The van der Waals surface area contributed by atoms with Gasteiger partial charge in [-0.2, -0.15) is 0 Å². The van der Waals surface area contributed by atoms with Gasteiger partial charge in [0.1, 0.15) is 0 Å². The van der Waals surface area contributed by atoms with Crippen molar-refractivity contribution >= 4 is 5.91 Å². The highest BCUT2D eigenvalue weighted by atomic mass is 16.5. The highest BCUT2D eigenvalue weighted by Gasteiger charge is 2.34. The molecule has 4 heteroatoms. The van der Waals surface area contributed by atoms with Crippen LogP contribution in [-0.4, -0.2) is 39.3 Å². The molecule has 0 unspecified atom stereocenters. The zero-order valence-electron chi connectivity index (χ0n) is 12.2. The first-order valence-electron chi connectivity index (χ1n) is 7.31. The number of ether oxygens (including phenoxy) is 1. The predicted molar refractivity (Wildman–Crippen MR) is 79.7 cm³/mol. The van der Waals surface area contributed by atoms with Gasteiger partial charge in [-0.15, -0.1) is 0 Å². The summed E-state index contributed by atoms with van der Waals surface area (Å²) in [4.78, 5) is 11.8. The maximum Gasteiger partial charge on any atom is 0.221 e. The summed E-state index contributed by atoms with van der Waals surface area (Å²) in [6.07, 6.45) is 2.45. The van der Waals surface area contributed by atoms with Gasteiger partial charge in [-0.1, -0.05) is 30.3 Å². The van der Waals surface area contributed by atoms with Crippen molar-refractivity contribution < 1.29 is 9.53 Å². The Kier molecular flexibility index (Phi) is 5.56. The van der Waals surface area contributed by atoms with Gasteiger partial charge in [-0.05, 0) is 25.5 Å². The van der Waals surface area contributed by atoms with E-state index in [0.717, 1.165) is 26.1 Å². The second-order valence-electron chi connectivity index (χ2n) is 5.39. The first-order valence-corrected chi connectivity index (χ1v) is 7.31. The molecule has 0 bridgehead atoms. The third-order valence-electron chi connectivity index (χ3n) is 4.06. The molecule has 0 atom stereocenters. The second-order valence-corrected chi connectivity index (χ2v) is 5.39. The SMILES string of the molecule is CNCCC(=O)NCC1(c2ccccc2)CCOCC1. The summed E-state index contributed by atoms with van der Waals surface area (Å²) in [6, 6.07) is 10.5. The third kappa shape index (κ3) is 3.81. The van der Waals surface area contributed by atoms with Gasteiger partial charge in [0.25, 0.3) is 0 Å².